The molecule has 1 aliphatic rings. The van der Waals surface area contributed by atoms with Gasteiger partial charge in [-0.05, 0) is 50.5 Å². The second kappa shape index (κ2) is 10.0. The molecule has 0 saturated carbocycles. The number of rotatable bonds is 6. The van der Waals surface area contributed by atoms with Gasteiger partial charge in [-0.1, -0.05) is 19.1 Å². The Morgan fingerprint density at radius 1 is 1.21 bits per heavy atom. The number of allylic oxidation sites excluding steroid dienone is 6. The minimum Gasteiger partial charge on any atom is -0.362 e. The molecule has 0 amide bonds. The lowest BCUT2D eigenvalue weighted by Crippen LogP contribution is -2.22. The molecule has 3 heterocycles. The summed E-state index contributed by atoms with van der Waals surface area (Å²) in [4.78, 5) is 3.81. The summed E-state index contributed by atoms with van der Waals surface area (Å²) in [5, 5.41) is 7.36. The Morgan fingerprint density at radius 3 is 2.50 bits per heavy atom. The molecule has 1 aliphatic heterocycles. The van der Waals surface area contributed by atoms with Gasteiger partial charge in [0.25, 0.3) is 0 Å². The number of nitrogens with one attached hydrogen (secondary N) is 1. The SMILES string of the molecule is C\C=C(F)/C(=C\C(=C\CC)C(F)(F)F)c1cc2n(n1)CCCC2Nc1ccc(C(F)(F)F)cn1. The van der Waals surface area contributed by atoms with Crippen LogP contribution in [0.25, 0.3) is 5.57 Å². The minimum absolute atomic E-state index is 0.0333. The Balaban J connectivity index is 1.95. The highest BCUT2D eigenvalue weighted by molar-refractivity contribution is 5.77. The predicted octanol–water partition coefficient (Wildman–Crippen LogP) is 7.40. The molecule has 4 nitrogen and oxygen atoms in total. The van der Waals surface area contributed by atoms with Gasteiger partial charge >= 0.3 is 12.4 Å². The fourth-order valence-electron chi connectivity index (χ4n) is 3.64. The Hall–Kier alpha value is -3.11. The predicted molar refractivity (Wildman–Crippen MR) is 114 cm³/mol. The summed E-state index contributed by atoms with van der Waals surface area (Å²) >= 11 is 0. The number of hydrogen-bond donors (Lipinski definition) is 1. The largest absolute Gasteiger partial charge is 0.417 e. The summed E-state index contributed by atoms with van der Waals surface area (Å²) in [6.07, 6.45) is -4.32. The van der Waals surface area contributed by atoms with Crippen molar-refractivity contribution in [3.05, 3.63) is 71.0 Å². The zero-order chi connectivity index (χ0) is 25.1. The standard InChI is InChI=1S/C23H23F7N4/c1-3-6-14(22(25,26)27)11-16(17(24)4-2)19-12-20-18(7-5-10-34(20)33-19)32-21-9-8-15(13-31-21)23(28,29)30/h4,6,8-9,11-13,18H,3,5,7,10H2,1-2H3,(H,31,32)/b14-6-,16-11+,17-4+. The van der Waals surface area contributed by atoms with E-state index in [0.29, 0.717) is 25.1 Å². The summed E-state index contributed by atoms with van der Waals surface area (Å²) in [7, 11) is 0. The first-order chi connectivity index (χ1) is 15.9. The molecule has 1 N–H and O–H groups in total. The van der Waals surface area contributed by atoms with Gasteiger partial charge in [-0.2, -0.15) is 31.4 Å². The lowest BCUT2D eigenvalue weighted by atomic mass is 10.0. The van der Waals surface area contributed by atoms with E-state index in [4.69, 9.17) is 0 Å². The van der Waals surface area contributed by atoms with E-state index in [-0.39, 0.29) is 23.5 Å². The van der Waals surface area contributed by atoms with Gasteiger partial charge in [0, 0.05) is 18.3 Å². The van der Waals surface area contributed by atoms with Gasteiger partial charge < -0.3 is 5.32 Å². The lowest BCUT2D eigenvalue weighted by molar-refractivity contribution is -0.137. The van der Waals surface area contributed by atoms with E-state index in [9.17, 15) is 30.7 Å². The third-order valence-electron chi connectivity index (χ3n) is 5.28. The van der Waals surface area contributed by atoms with Crippen LogP contribution in [0.5, 0.6) is 0 Å². The molecule has 11 heteroatoms. The molecule has 0 aliphatic carbocycles. The topological polar surface area (TPSA) is 42.7 Å². The molecule has 0 spiro atoms. The van der Waals surface area contributed by atoms with Gasteiger partial charge in [0.05, 0.1) is 28.6 Å². The molecular weight excluding hydrogens is 465 g/mol. The molecule has 2 aromatic heterocycles. The quantitative estimate of drug-likeness (QED) is 0.340. The average molecular weight is 488 g/mol. The summed E-state index contributed by atoms with van der Waals surface area (Å²) in [6.45, 7) is 3.39. The van der Waals surface area contributed by atoms with Crippen molar-refractivity contribution >= 4 is 11.4 Å². The highest BCUT2D eigenvalue weighted by Gasteiger charge is 2.33. The van der Waals surface area contributed by atoms with Crippen molar-refractivity contribution in [2.75, 3.05) is 5.32 Å². The summed E-state index contributed by atoms with van der Waals surface area (Å²) < 4.78 is 94.8. The maximum Gasteiger partial charge on any atom is 0.417 e. The van der Waals surface area contributed by atoms with Crippen LogP contribution in [-0.2, 0) is 12.7 Å². The van der Waals surface area contributed by atoms with Crippen LogP contribution >= 0.6 is 0 Å². The van der Waals surface area contributed by atoms with Crippen molar-refractivity contribution in [3.63, 3.8) is 0 Å². The fraction of sp³-hybridized carbons (Fsp3) is 0.391. The van der Waals surface area contributed by atoms with Crippen molar-refractivity contribution in [2.45, 2.75) is 58.0 Å². The first kappa shape index (κ1) is 25.5. The van der Waals surface area contributed by atoms with Crippen molar-refractivity contribution in [2.24, 2.45) is 0 Å². The Kier molecular flexibility index (Phi) is 7.52. The zero-order valence-corrected chi connectivity index (χ0v) is 18.4. The van der Waals surface area contributed by atoms with E-state index in [0.717, 1.165) is 30.5 Å². The van der Waals surface area contributed by atoms with Crippen LogP contribution in [0, 0.1) is 0 Å². The average Bonchev–Trinajstić information content (AvgIpc) is 3.20. The van der Waals surface area contributed by atoms with E-state index >= 15 is 0 Å². The summed E-state index contributed by atoms with van der Waals surface area (Å²) in [6, 6.07) is 3.19. The van der Waals surface area contributed by atoms with Crippen LogP contribution in [0.15, 0.2) is 54.0 Å². The Morgan fingerprint density at radius 2 is 1.94 bits per heavy atom. The summed E-state index contributed by atoms with van der Waals surface area (Å²) in [5.41, 5.74) is -1.55. The first-order valence-electron chi connectivity index (χ1n) is 10.6. The smallest absolute Gasteiger partial charge is 0.362 e. The molecule has 184 valence electrons. The number of nitrogens with zero attached hydrogens (tertiary/aromatic N) is 3. The van der Waals surface area contributed by atoms with Crippen LogP contribution in [0.1, 0.15) is 56.1 Å². The maximum absolute atomic E-state index is 14.6. The van der Waals surface area contributed by atoms with E-state index in [1.54, 1.807) is 11.6 Å². The van der Waals surface area contributed by atoms with Crippen LogP contribution in [0.2, 0.25) is 0 Å². The number of halogens is 7. The molecule has 0 bridgehead atoms. The van der Waals surface area contributed by atoms with Crippen molar-refractivity contribution in [1.29, 1.82) is 0 Å². The van der Waals surface area contributed by atoms with Gasteiger partial charge in [-0.25, -0.2) is 9.37 Å². The van der Waals surface area contributed by atoms with Crippen molar-refractivity contribution in [1.82, 2.24) is 14.8 Å². The van der Waals surface area contributed by atoms with Gasteiger partial charge in [-0.15, -0.1) is 0 Å². The van der Waals surface area contributed by atoms with Gasteiger partial charge in [-0.3, -0.25) is 4.68 Å². The molecule has 1 unspecified atom stereocenters. The molecule has 2 aromatic rings. The second-order valence-electron chi connectivity index (χ2n) is 7.71. The lowest BCUT2D eigenvalue weighted by Gasteiger charge is -2.25. The molecule has 0 aromatic carbocycles. The molecule has 0 fully saturated rings. The number of anilines is 1. The van der Waals surface area contributed by atoms with E-state index in [1.807, 2.05) is 0 Å². The highest BCUT2D eigenvalue weighted by atomic mass is 19.4. The van der Waals surface area contributed by atoms with Crippen molar-refractivity contribution in [3.8, 4) is 0 Å². The monoisotopic (exact) mass is 488 g/mol. The highest BCUT2D eigenvalue weighted by Crippen LogP contribution is 2.36. The third-order valence-corrected chi connectivity index (χ3v) is 5.28. The number of pyridine rings is 1. The molecular formula is C23H23F7N4. The molecule has 1 atom stereocenters. The van der Waals surface area contributed by atoms with Crippen LogP contribution in [0.3, 0.4) is 0 Å². The normalized spacial score (nSPS) is 18.1. The number of fused-ring (bicyclic) bond motifs is 1. The molecule has 34 heavy (non-hydrogen) atoms. The number of hydrogen-bond acceptors (Lipinski definition) is 3. The Bertz CT molecular complexity index is 1090. The van der Waals surface area contributed by atoms with E-state index in [1.165, 1.54) is 19.1 Å². The Labute approximate surface area is 191 Å². The van der Waals surface area contributed by atoms with Crippen molar-refractivity contribution < 1.29 is 30.7 Å². The molecule has 3 rings (SSSR count). The minimum atomic E-state index is -4.66. The molecule has 0 saturated heterocycles. The number of aryl methyl sites for hydroxylation is 1. The zero-order valence-electron chi connectivity index (χ0n) is 18.4. The maximum atomic E-state index is 14.6. The second-order valence-corrected chi connectivity index (χ2v) is 7.71. The van der Waals surface area contributed by atoms with Crippen LogP contribution < -0.4 is 5.32 Å². The van der Waals surface area contributed by atoms with Crippen LogP contribution in [-0.4, -0.2) is 20.9 Å². The number of alkyl halides is 6. The van der Waals surface area contributed by atoms with Crippen LogP contribution in [0.4, 0.5) is 36.6 Å². The molecule has 0 radical (unpaired) electrons. The fourth-order valence-corrected chi connectivity index (χ4v) is 3.64. The van der Waals surface area contributed by atoms with E-state index < -0.39 is 35.4 Å². The summed E-state index contributed by atoms with van der Waals surface area (Å²) in [5.74, 6) is -0.648. The van der Waals surface area contributed by atoms with Gasteiger partial charge in [0.1, 0.15) is 11.6 Å². The third kappa shape index (κ3) is 5.87. The van der Waals surface area contributed by atoms with E-state index in [2.05, 4.69) is 15.4 Å². The first-order valence-corrected chi connectivity index (χ1v) is 10.6. The number of aromatic nitrogens is 3. The van der Waals surface area contributed by atoms with Gasteiger partial charge in [0.15, 0.2) is 0 Å². The van der Waals surface area contributed by atoms with Gasteiger partial charge in [0.2, 0.25) is 0 Å².